The van der Waals surface area contributed by atoms with Crippen molar-refractivity contribution in [3.05, 3.63) is 71.6 Å². The van der Waals surface area contributed by atoms with Gasteiger partial charge in [0.2, 0.25) is 5.76 Å². The van der Waals surface area contributed by atoms with Crippen LogP contribution in [-0.2, 0) is 11.3 Å². The molecule has 152 valence electrons. The Hall–Kier alpha value is -3.00. The SMILES string of the molecule is O=C(NC1CCNCC1F)C1=CN(Cc2ccccc2F)c2cccc(F)c2O1. The molecule has 0 bridgehead atoms. The number of halogens is 3. The second-order valence-electron chi connectivity index (χ2n) is 6.99. The number of fused-ring (bicyclic) bond motifs is 1. The van der Waals surface area contributed by atoms with E-state index in [-0.39, 0.29) is 24.6 Å². The highest BCUT2D eigenvalue weighted by Crippen LogP contribution is 2.37. The highest BCUT2D eigenvalue weighted by molar-refractivity contribution is 5.93. The molecule has 2 atom stereocenters. The maximum atomic E-state index is 14.4. The van der Waals surface area contributed by atoms with Crippen molar-refractivity contribution < 1.29 is 22.7 Å². The minimum atomic E-state index is -1.23. The van der Waals surface area contributed by atoms with Gasteiger partial charge in [0.05, 0.1) is 24.5 Å². The fourth-order valence-corrected chi connectivity index (χ4v) is 3.44. The Balaban J connectivity index is 1.62. The van der Waals surface area contributed by atoms with Crippen molar-refractivity contribution in [3.63, 3.8) is 0 Å². The van der Waals surface area contributed by atoms with Crippen molar-refractivity contribution in [2.75, 3.05) is 18.0 Å². The van der Waals surface area contributed by atoms with Crippen LogP contribution in [0.1, 0.15) is 12.0 Å². The number of alkyl halides is 1. The lowest BCUT2D eigenvalue weighted by molar-refractivity contribution is -0.121. The van der Waals surface area contributed by atoms with Gasteiger partial charge >= 0.3 is 0 Å². The molecule has 2 aromatic carbocycles. The number of piperidine rings is 1. The second kappa shape index (κ2) is 8.16. The van der Waals surface area contributed by atoms with Crippen molar-refractivity contribution in [1.29, 1.82) is 0 Å². The number of hydrogen-bond donors (Lipinski definition) is 2. The molecule has 2 aliphatic rings. The van der Waals surface area contributed by atoms with Crippen molar-refractivity contribution in [2.24, 2.45) is 0 Å². The first-order valence-corrected chi connectivity index (χ1v) is 9.37. The summed E-state index contributed by atoms with van der Waals surface area (Å²) in [6.07, 6.45) is 0.595. The summed E-state index contributed by atoms with van der Waals surface area (Å²) in [6.45, 7) is 0.812. The van der Waals surface area contributed by atoms with Gasteiger partial charge in [0.25, 0.3) is 5.91 Å². The summed E-state index contributed by atoms with van der Waals surface area (Å²) in [4.78, 5) is 14.2. The quantitative estimate of drug-likeness (QED) is 0.824. The van der Waals surface area contributed by atoms with Crippen LogP contribution in [0.2, 0.25) is 0 Å². The van der Waals surface area contributed by atoms with Gasteiger partial charge in [-0.1, -0.05) is 24.3 Å². The van der Waals surface area contributed by atoms with Crippen LogP contribution < -0.4 is 20.3 Å². The standard InChI is InChI=1S/C21H20F3N3O2/c22-14-5-2-1-4-13(14)11-27-12-19(29-20-15(23)6-3-7-18(20)27)21(28)26-17-8-9-25-10-16(17)24/h1-7,12,16-17,25H,8-11H2,(H,26,28). The number of carbonyl (C=O) groups excluding carboxylic acids is 1. The molecule has 29 heavy (non-hydrogen) atoms. The smallest absolute Gasteiger partial charge is 0.288 e. The van der Waals surface area contributed by atoms with E-state index in [9.17, 15) is 18.0 Å². The van der Waals surface area contributed by atoms with Gasteiger partial charge in [0, 0.05) is 12.1 Å². The van der Waals surface area contributed by atoms with Crippen LogP contribution in [0.3, 0.4) is 0 Å². The van der Waals surface area contributed by atoms with E-state index in [0.29, 0.717) is 24.2 Å². The van der Waals surface area contributed by atoms with Crippen molar-refractivity contribution in [1.82, 2.24) is 10.6 Å². The average Bonchev–Trinajstić information content (AvgIpc) is 2.72. The van der Waals surface area contributed by atoms with Crippen molar-refractivity contribution in [2.45, 2.75) is 25.2 Å². The fraction of sp³-hybridized carbons (Fsp3) is 0.286. The lowest BCUT2D eigenvalue weighted by Gasteiger charge is -2.31. The summed E-state index contributed by atoms with van der Waals surface area (Å²) in [5.74, 6) is -2.01. The van der Waals surface area contributed by atoms with Gasteiger partial charge in [-0.3, -0.25) is 4.79 Å². The van der Waals surface area contributed by atoms with Gasteiger partial charge in [-0.05, 0) is 31.2 Å². The Kier molecular flexibility index (Phi) is 5.44. The van der Waals surface area contributed by atoms with Gasteiger partial charge in [-0.25, -0.2) is 13.2 Å². The minimum Gasteiger partial charge on any atom is -0.445 e. The number of carbonyl (C=O) groups is 1. The van der Waals surface area contributed by atoms with Crippen LogP contribution in [0.25, 0.3) is 0 Å². The molecular weight excluding hydrogens is 383 g/mol. The van der Waals surface area contributed by atoms with E-state index in [0.717, 1.165) is 0 Å². The highest BCUT2D eigenvalue weighted by atomic mass is 19.1. The summed E-state index contributed by atoms with van der Waals surface area (Å²) < 4.78 is 48.0. The van der Waals surface area contributed by atoms with E-state index < -0.39 is 29.8 Å². The second-order valence-corrected chi connectivity index (χ2v) is 6.99. The summed E-state index contributed by atoms with van der Waals surface area (Å²) in [5.41, 5.74) is 0.748. The van der Waals surface area contributed by atoms with Crippen LogP contribution in [0.15, 0.2) is 54.4 Å². The molecule has 2 aliphatic heterocycles. The van der Waals surface area contributed by atoms with E-state index in [2.05, 4.69) is 10.6 Å². The zero-order chi connectivity index (χ0) is 20.4. The average molecular weight is 403 g/mol. The lowest BCUT2D eigenvalue weighted by atomic mass is 10.0. The molecule has 8 heteroatoms. The van der Waals surface area contributed by atoms with E-state index >= 15 is 0 Å². The van der Waals surface area contributed by atoms with Crippen LogP contribution >= 0.6 is 0 Å². The molecule has 0 aromatic heterocycles. The molecule has 5 nitrogen and oxygen atoms in total. The number of ether oxygens (including phenoxy) is 1. The van der Waals surface area contributed by atoms with Crippen molar-refractivity contribution >= 4 is 11.6 Å². The molecule has 1 amide bonds. The summed E-state index contributed by atoms with van der Waals surface area (Å²) in [7, 11) is 0. The number of nitrogens with one attached hydrogen (secondary N) is 2. The molecule has 1 fully saturated rings. The minimum absolute atomic E-state index is 0.0718. The van der Waals surface area contributed by atoms with Crippen LogP contribution in [0, 0.1) is 11.6 Å². The van der Waals surface area contributed by atoms with Gasteiger partial charge in [0.1, 0.15) is 12.0 Å². The molecule has 2 heterocycles. The van der Waals surface area contributed by atoms with E-state index in [1.54, 1.807) is 29.2 Å². The maximum absolute atomic E-state index is 14.4. The van der Waals surface area contributed by atoms with Gasteiger partial charge in [-0.15, -0.1) is 0 Å². The molecule has 2 N–H and O–H groups in total. The summed E-state index contributed by atoms with van der Waals surface area (Å²) in [5, 5.41) is 5.53. The molecule has 0 spiro atoms. The first-order chi connectivity index (χ1) is 14.0. The number of hydrogen-bond acceptors (Lipinski definition) is 4. The zero-order valence-corrected chi connectivity index (χ0v) is 15.5. The Morgan fingerprint density at radius 2 is 1.97 bits per heavy atom. The fourth-order valence-electron chi connectivity index (χ4n) is 3.44. The van der Waals surface area contributed by atoms with Crippen LogP contribution in [-0.4, -0.2) is 31.2 Å². The Morgan fingerprint density at radius 3 is 2.76 bits per heavy atom. The topological polar surface area (TPSA) is 53.6 Å². The molecule has 2 unspecified atom stereocenters. The maximum Gasteiger partial charge on any atom is 0.288 e. The van der Waals surface area contributed by atoms with E-state index in [1.165, 1.54) is 24.4 Å². The number of para-hydroxylation sites is 1. The summed E-state index contributed by atoms with van der Waals surface area (Å²) >= 11 is 0. The molecule has 0 radical (unpaired) electrons. The predicted molar refractivity (Wildman–Crippen MR) is 102 cm³/mol. The lowest BCUT2D eigenvalue weighted by Crippen LogP contribution is -2.51. The largest absolute Gasteiger partial charge is 0.445 e. The van der Waals surface area contributed by atoms with Crippen LogP contribution in [0.4, 0.5) is 18.9 Å². The van der Waals surface area contributed by atoms with Crippen LogP contribution in [0.5, 0.6) is 5.75 Å². The normalized spacial score (nSPS) is 21.1. The first-order valence-electron chi connectivity index (χ1n) is 9.37. The molecule has 0 aliphatic carbocycles. The third-order valence-electron chi connectivity index (χ3n) is 4.99. The van der Waals surface area contributed by atoms with Gasteiger partial charge < -0.3 is 20.3 Å². The predicted octanol–water partition coefficient (Wildman–Crippen LogP) is 3.02. The molecule has 0 saturated carbocycles. The molecule has 2 aromatic rings. The third kappa shape index (κ3) is 4.07. The number of benzene rings is 2. The zero-order valence-electron chi connectivity index (χ0n) is 15.5. The number of rotatable bonds is 4. The number of anilines is 1. The van der Waals surface area contributed by atoms with Gasteiger partial charge in [-0.2, -0.15) is 0 Å². The summed E-state index contributed by atoms with van der Waals surface area (Å²) in [6, 6.07) is 9.90. The van der Waals surface area contributed by atoms with Gasteiger partial charge in [0.15, 0.2) is 11.6 Å². The molecule has 1 saturated heterocycles. The highest BCUT2D eigenvalue weighted by Gasteiger charge is 2.31. The molecule has 4 rings (SSSR count). The monoisotopic (exact) mass is 403 g/mol. The van der Waals surface area contributed by atoms with E-state index in [4.69, 9.17) is 4.74 Å². The number of amides is 1. The first kappa shape index (κ1) is 19.3. The van der Waals surface area contributed by atoms with E-state index in [1.807, 2.05) is 0 Å². The Bertz CT molecular complexity index is 951. The Morgan fingerprint density at radius 1 is 1.17 bits per heavy atom. The van der Waals surface area contributed by atoms with Crippen molar-refractivity contribution in [3.8, 4) is 5.75 Å². The molecular formula is C21H20F3N3O2. The number of nitrogens with zero attached hydrogens (tertiary/aromatic N) is 1. The third-order valence-corrected chi connectivity index (χ3v) is 4.99. The Labute approximate surface area is 166 Å².